The second kappa shape index (κ2) is 3.43. The third kappa shape index (κ3) is 1.71. The van der Waals surface area contributed by atoms with Crippen molar-refractivity contribution in [3.8, 4) is 0 Å². The monoisotopic (exact) mass is 214 g/mol. The average molecular weight is 214 g/mol. The molecule has 5 heteroatoms. The molecular formula is C8H7FN2S2. The zero-order chi connectivity index (χ0) is 9.26. The van der Waals surface area contributed by atoms with Crippen LogP contribution >= 0.6 is 23.6 Å². The van der Waals surface area contributed by atoms with Gasteiger partial charge in [0.2, 0.25) is 5.95 Å². The van der Waals surface area contributed by atoms with Gasteiger partial charge < -0.3 is 4.98 Å². The van der Waals surface area contributed by atoms with Crippen LogP contribution in [0.15, 0.2) is 23.7 Å². The lowest BCUT2D eigenvalue weighted by Gasteiger charge is -1.99. The van der Waals surface area contributed by atoms with Crippen molar-refractivity contribution in [3.63, 3.8) is 0 Å². The highest BCUT2D eigenvalue weighted by Crippen LogP contribution is 2.11. The van der Waals surface area contributed by atoms with Gasteiger partial charge in [0, 0.05) is 4.88 Å². The maximum absolute atomic E-state index is 13.1. The predicted molar refractivity (Wildman–Crippen MR) is 53.0 cm³/mol. The highest BCUT2D eigenvalue weighted by molar-refractivity contribution is 7.71. The summed E-state index contributed by atoms with van der Waals surface area (Å²) >= 11 is 6.51. The highest BCUT2D eigenvalue weighted by atomic mass is 32.1. The van der Waals surface area contributed by atoms with Crippen LogP contribution in [0.5, 0.6) is 0 Å². The van der Waals surface area contributed by atoms with Crippen LogP contribution in [0.2, 0.25) is 0 Å². The fraction of sp³-hybridized carbons (Fsp3) is 0.125. The van der Waals surface area contributed by atoms with E-state index in [-0.39, 0.29) is 5.95 Å². The van der Waals surface area contributed by atoms with Crippen LogP contribution in [-0.2, 0) is 6.54 Å². The van der Waals surface area contributed by atoms with E-state index in [0.29, 0.717) is 11.3 Å². The summed E-state index contributed by atoms with van der Waals surface area (Å²) in [5.74, 6) is -0.321. The molecule has 68 valence electrons. The minimum atomic E-state index is -0.321. The summed E-state index contributed by atoms with van der Waals surface area (Å²) in [7, 11) is 0. The maximum atomic E-state index is 13.1. The molecule has 2 heterocycles. The summed E-state index contributed by atoms with van der Waals surface area (Å²) < 4.78 is 14.9. The number of hydrogen-bond donors (Lipinski definition) is 1. The number of nitrogens with one attached hydrogen (secondary N) is 1. The van der Waals surface area contributed by atoms with E-state index in [0.717, 1.165) is 4.88 Å². The molecule has 2 aromatic heterocycles. The minimum absolute atomic E-state index is 0.321. The second-order valence-corrected chi connectivity index (χ2v) is 4.00. The van der Waals surface area contributed by atoms with Crippen molar-refractivity contribution in [2.75, 3.05) is 0 Å². The van der Waals surface area contributed by atoms with Gasteiger partial charge in [-0.05, 0) is 23.7 Å². The van der Waals surface area contributed by atoms with Crippen LogP contribution in [0.1, 0.15) is 4.88 Å². The Hall–Kier alpha value is -0.940. The first-order valence-electron chi connectivity index (χ1n) is 3.73. The van der Waals surface area contributed by atoms with E-state index in [4.69, 9.17) is 12.2 Å². The fourth-order valence-electron chi connectivity index (χ4n) is 1.08. The van der Waals surface area contributed by atoms with Gasteiger partial charge in [0.05, 0.1) is 12.7 Å². The Morgan fingerprint density at radius 2 is 2.46 bits per heavy atom. The number of aromatic amines is 1. The summed E-state index contributed by atoms with van der Waals surface area (Å²) in [5.41, 5.74) is 0. The summed E-state index contributed by atoms with van der Waals surface area (Å²) in [4.78, 5) is 3.75. The van der Waals surface area contributed by atoms with Crippen LogP contribution in [0, 0.1) is 10.7 Å². The molecule has 2 nitrogen and oxygen atoms in total. The Morgan fingerprint density at radius 3 is 3.00 bits per heavy atom. The first-order chi connectivity index (χ1) is 6.27. The molecule has 2 aromatic rings. The molecule has 0 amide bonds. The van der Waals surface area contributed by atoms with Crippen molar-refractivity contribution in [1.82, 2.24) is 9.55 Å². The number of nitrogens with zero attached hydrogens (tertiary/aromatic N) is 1. The predicted octanol–water partition coefficient (Wildman–Crippen LogP) is 2.79. The Balaban J connectivity index is 2.33. The van der Waals surface area contributed by atoms with E-state index >= 15 is 0 Å². The quantitative estimate of drug-likeness (QED) is 0.762. The van der Waals surface area contributed by atoms with Crippen LogP contribution in [0.25, 0.3) is 0 Å². The molecule has 0 saturated heterocycles. The first-order valence-corrected chi connectivity index (χ1v) is 5.02. The highest BCUT2D eigenvalue weighted by Gasteiger charge is 2.03. The van der Waals surface area contributed by atoms with Crippen LogP contribution in [-0.4, -0.2) is 9.55 Å². The standard InChI is InChI=1S/C8H7FN2S2/c9-7-4-10-8(12)11(7)5-6-2-1-3-13-6/h1-4H,5H2,(H,10,12). The zero-order valence-corrected chi connectivity index (χ0v) is 8.29. The molecule has 2 rings (SSSR count). The molecule has 0 fully saturated rings. The third-order valence-corrected chi connectivity index (χ3v) is 2.91. The van der Waals surface area contributed by atoms with E-state index < -0.39 is 0 Å². The molecule has 0 atom stereocenters. The van der Waals surface area contributed by atoms with Gasteiger partial charge in [-0.15, -0.1) is 11.3 Å². The second-order valence-electron chi connectivity index (χ2n) is 2.58. The smallest absolute Gasteiger partial charge is 0.212 e. The van der Waals surface area contributed by atoms with Crippen molar-refractivity contribution in [2.45, 2.75) is 6.54 Å². The number of hydrogen-bond acceptors (Lipinski definition) is 2. The third-order valence-electron chi connectivity index (χ3n) is 1.71. The first kappa shape index (κ1) is 8.65. The van der Waals surface area contributed by atoms with Crippen LogP contribution in [0.4, 0.5) is 4.39 Å². The molecular weight excluding hydrogens is 207 g/mol. The summed E-state index contributed by atoms with van der Waals surface area (Å²) in [5, 5.41) is 1.96. The fourth-order valence-corrected chi connectivity index (χ4v) is 1.98. The Kier molecular flexibility index (Phi) is 2.28. The van der Waals surface area contributed by atoms with E-state index in [1.165, 1.54) is 10.8 Å². The van der Waals surface area contributed by atoms with E-state index in [1.54, 1.807) is 11.3 Å². The number of imidazole rings is 1. The minimum Gasteiger partial charge on any atom is -0.335 e. The van der Waals surface area contributed by atoms with Crippen molar-refractivity contribution in [1.29, 1.82) is 0 Å². The van der Waals surface area contributed by atoms with Crippen molar-refractivity contribution in [3.05, 3.63) is 39.3 Å². The van der Waals surface area contributed by atoms with Crippen LogP contribution < -0.4 is 0 Å². The Morgan fingerprint density at radius 1 is 1.62 bits per heavy atom. The zero-order valence-electron chi connectivity index (χ0n) is 6.66. The molecule has 0 aliphatic heterocycles. The number of H-pyrrole nitrogens is 1. The van der Waals surface area contributed by atoms with Gasteiger partial charge in [-0.2, -0.15) is 4.39 Å². The largest absolute Gasteiger partial charge is 0.335 e. The summed E-state index contributed by atoms with van der Waals surface area (Å²) in [6.07, 6.45) is 1.27. The molecule has 0 radical (unpaired) electrons. The van der Waals surface area contributed by atoms with Crippen molar-refractivity contribution >= 4 is 23.6 Å². The molecule has 0 spiro atoms. The van der Waals surface area contributed by atoms with E-state index in [2.05, 4.69) is 4.98 Å². The van der Waals surface area contributed by atoms with Crippen molar-refractivity contribution < 1.29 is 4.39 Å². The Bertz CT molecular complexity index is 441. The molecule has 0 aliphatic carbocycles. The molecule has 1 N–H and O–H groups in total. The molecule has 0 unspecified atom stereocenters. The molecule has 13 heavy (non-hydrogen) atoms. The number of aromatic nitrogens is 2. The SMILES string of the molecule is Fc1c[nH]c(=S)n1Cc1cccs1. The molecule has 0 aliphatic rings. The number of thiophene rings is 1. The lowest BCUT2D eigenvalue weighted by molar-refractivity contribution is 0.515. The topological polar surface area (TPSA) is 20.7 Å². The Labute approximate surface area is 83.7 Å². The van der Waals surface area contributed by atoms with Gasteiger partial charge in [0.1, 0.15) is 0 Å². The van der Waals surface area contributed by atoms with E-state index in [1.807, 2.05) is 17.5 Å². The summed E-state index contributed by atoms with van der Waals surface area (Å²) in [6.45, 7) is 0.506. The molecule has 0 aromatic carbocycles. The molecule has 0 saturated carbocycles. The summed E-state index contributed by atoms with van der Waals surface area (Å²) in [6, 6.07) is 3.90. The number of halogens is 1. The van der Waals surface area contributed by atoms with Gasteiger partial charge in [0.15, 0.2) is 4.77 Å². The van der Waals surface area contributed by atoms with E-state index in [9.17, 15) is 4.39 Å². The average Bonchev–Trinajstić information content (AvgIpc) is 2.70. The van der Waals surface area contributed by atoms with Gasteiger partial charge in [-0.3, -0.25) is 4.57 Å². The maximum Gasteiger partial charge on any atom is 0.212 e. The number of rotatable bonds is 2. The van der Waals surface area contributed by atoms with Gasteiger partial charge in [0.25, 0.3) is 0 Å². The normalized spacial score (nSPS) is 10.5. The lowest BCUT2D eigenvalue weighted by atomic mass is 10.4. The van der Waals surface area contributed by atoms with Gasteiger partial charge in [-0.25, -0.2) is 0 Å². The van der Waals surface area contributed by atoms with Gasteiger partial charge in [-0.1, -0.05) is 6.07 Å². The lowest BCUT2D eigenvalue weighted by Crippen LogP contribution is -2.00. The molecule has 0 bridgehead atoms. The van der Waals surface area contributed by atoms with Gasteiger partial charge >= 0.3 is 0 Å². The van der Waals surface area contributed by atoms with Crippen LogP contribution in [0.3, 0.4) is 0 Å². The van der Waals surface area contributed by atoms with Crippen molar-refractivity contribution in [2.24, 2.45) is 0 Å².